The summed E-state index contributed by atoms with van der Waals surface area (Å²) >= 11 is 0. The van der Waals surface area contributed by atoms with Gasteiger partial charge in [-0.1, -0.05) is 5.16 Å². The number of rotatable bonds is 4. The number of aryl methyl sites for hydroxylation is 2. The van der Waals surface area contributed by atoms with Crippen LogP contribution in [-0.4, -0.2) is 40.1 Å². The Morgan fingerprint density at radius 3 is 2.85 bits per heavy atom. The van der Waals surface area contributed by atoms with Gasteiger partial charge in [0, 0.05) is 18.3 Å². The molecule has 6 nitrogen and oxygen atoms in total. The molecule has 3 rings (SSSR count). The van der Waals surface area contributed by atoms with Gasteiger partial charge in [-0.2, -0.15) is 0 Å². The Kier molecular flexibility index (Phi) is 4.98. The fourth-order valence-electron chi connectivity index (χ4n) is 3.71. The van der Waals surface area contributed by atoms with Crippen LogP contribution in [0.15, 0.2) is 22.9 Å². The smallest absolute Gasteiger partial charge is 0.250 e. The van der Waals surface area contributed by atoms with Gasteiger partial charge in [0.2, 0.25) is 5.91 Å². The molecule has 1 aliphatic heterocycles. The number of amides is 1. The third kappa shape index (κ3) is 3.43. The molecule has 0 aliphatic carbocycles. The lowest BCUT2D eigenvalue weighted by atomic mass is 9.81. The van der Waals surface area contributed by atoms with E-state index in [2.05, 4.69) is 10.1 Å². The lowest BCUT2D eigenvalue weighted by Crippen LogP contribution is -2.50. The normalized spacial score (nSPS) is 18.0. The number of carbonyl (C=O) groups is 1. The maximum Gasteiger partial charge on any atom is 0.250 e. The van der Waals surface area contributed by atoms with Crippen LogP contribution in [0.5, 0.6) is 5.88 Å². The van der Waals surface area contributed by atoms with E-state index in [4.69, 9.17) is 9.26 Å². The van der Waals surface area contributed by atoms with Gasteiger partial charge in [-0.25, -0.2) is 9.37 Å². The van der Waals surface area contributed by atoms with Gasteiger partial charge in [-0.3, -0.25) is 4.79 Å². The summed E-state index contributed by atoms with van der Waals surface area (Å²) in [7, 11) is 0. The van der Waals surface area contributed by atoms with Crippen LogP contribution >= 0.6 is 0 Å². The molecule has 0 N–H and O–H groups in total. The minimum atomic E-state index is -0.758. The van der Waals surface area contributed by atoms with Crippen molar-refractivity contribution in [1.82, 2.24) is 15.0 Å². The van der Waals surface area contributed by atoms with Gasteiger partial charge in [-0.15, -0.1) is 0 Å². The van der Waals surface area contributed by atoms with E-state index in [1.165, 1.54) is 18.3 Å². The second-order valence-corrected chi connectivity index (χ2v) is 7.25. The maximum absolute atomic E-state index is 13.8. The van der Waals surface area contributed by atoms with Crippen molar-refractivity contribution in [3.63, 3.8) is 0 Å². The summed E-state index contributed by atoms with van der Waals surface area (Å²) in [6.07, 6.45) is 2.76. The van der Waals surface area contributed by atoms with Crippen LogP contribution in [0.1, 0.15) is 43.7 Å². The number of likely N-dealkylation sites (tertiary alicyclic amines) is 1. The molecule has 7 heteroatoms. The monoisotopic (exact) mass is 361 g/mol. The van der Waals surface area contributed by atoms with Crippen LogP contribution in [0.3, 0.4) is 0 Å². The number of piperidine rings is 1. The zero-order valence-electron chi connectivity index (χ0n) is 15.6. The number of ether oxygens (including phenoxy) is 1. The zero-order chi connectivity index (χ0) is 18.9. The SMILES string of the molecule is Cc1noc(C)c1C(C)(C)C(=O)N1CCCC(Oc2ncccc2F)C1. The van der Waals surface area contributed by atoms with Gasteiger partial charge < -0.3 is 14.2 Å². The van der Waals surface area contributed by atoms with Crippen LogP contribution in [0.4, 0.5) is 4.39 Å². The predicted molar refractivity (Wildman–Crippen MR) is 93.4 cm³/mol. The van der Waals surface area contributed by atoms with Gasteiger partial charge in [0.05, 0.1) is 17.7 Å². The highest BCUT2D eigenvalue weighted by Crippen LogP contribution is 2.32. The molecule has 3 heterocycles. The molecule has 2 aromatic heterocycles. The highest BCUT2D eigenvalue weighted by Gasteiger charge is 2.40. The Hall–Kier alpha value is -2.44. The molecule has 0 bridgehead atoms. The first kappa shape index (κ1) is 18.4. The van der Waals surface area contributed by atoms with Gasteiger partial charge in [-0.05, 0) is 52.7 Å². The summed E-state index contributed by atoms with van der Waals surface area (Å²) in [5.74, 6) is 0.131. The molecule has 0 aromatic carbocycles. The van der Waals surface area contributed by atoms with E-state index in [0.29, 0.717) is 18.8 Å². The lowest BCUT2D eigenvalue weighted by Gasteiger charge is -2.37. The minimum Gasteiger partial charge on any atom is -0.470 e. The molecular weight excluding hydrogens is 337 g/mol. The van der Waals surface area contributed by atoms with Crippen molar-refractivity contribution in [2.75, 3.05) is 13.1 Å². The zero-order valence-corrected chi connectivity index (χ0v) is 15.6. The predicted octanol–water partition coefficient (Wildman–Crippen LogP) is 3.17. The summed E-state index contributed by atoms with van der Waals surface area (Å²) in [5, 5.41) is 3.97. The van der Waals surface area contributed by atoms with E-state index in [1.54, 1.807) is 4.90 Å². The molecule has 0 radical (unpaired) electrons. The van der Waals surface area contributed by atoms with Crippen molar-refractivity contribution in [1.29, 1.82) is 0 Å². The number of aromatic nitrogens is 2. The summed E-state index contributed by atoms with van der Waals surface area (Å²) < 4.78 is 24.7. The number of hydrogen-bond donors (Lipinski definition) is 0. The topological polar surface area (TPSA) is 68.5 Å². The van der Waals surface area contributed by atoms with Crippen molar-refractivity contribution >= 4 is 5.91 Å². The molecule has 140 valence electrons. The Bertz CT molecular complexity index is 784. The van der Waals surface area contributed by atoms with Crippen molar-refractivity contribution in [3.05, 3.63) is 41.2 Å². The Balaban J connectivity index is 1.75. The van der Waals surface area contributed by atoms with Gasteiger partial charge in [0.15, 0.2) is 5.82 Å². The molecule has 1 atom stereocenters. The highest BCUT2D eigenvalue weighted by molar-refractivity contribution is 5.88. The summed E-state index contributed by atoms with van der Waals surface area (Å²) in [6, 6.07) is 2.83. The second-order valence-electron chi connectivity index (χ2n) is 7.25. The van der Waals surface area contributed by atoms with E-state index < -0.39 is 11.2 Å². The molecule has 26 heavy (non-hydrogen) atoms. The number of nitrogens with zero attached hydrogens (tertiary/aromatic N) is 3. The number of halogens is 1. The minimum absolute atomic E-state index is 0.0123. The molecule has 1 fully saturated rings. The van der Waals surface area contributed by atoms with E-state index in [0.717, 1.165) is 24.1 Å². The summed E-state index contributed by atoms with van der Waals surface area (Å²) in [6.45, 7) is 8.47. The second kappa shape index (κ2) is 7.05. The fraction of sp³-hybridized carbons (Fsp3) is 0.526. The van der Waals surface area contributed by atoms with Crippen molar-refractivity contribution < 1.29 is 18.4 Å². The van der Waals surface area contributed by atoms with E-state index in [1.807, 2.05) is 27.7 Å². The molecule has 0 saturated carbocycles. The standard InChI is InChI=1S/C19H24FN3O3/c1-12-16(13(2)26-22-12)19(3,4)18(24)23-10-6-7-14(11-23)25-17-15(20)8-5-9-21-17/h5,8-9,14H,6-7,10-11H2,1-4H3. The molecular formula is C19H24FN3O3. The average molecular weight is 361 g/mol. The van der Waals surface area contributed by atoms with Crippen molar-refractivity contribution in [2.45, 2.75) is 52.1 Å². The number of pyridine rings is 1. The quantitative estimate of drug-likeness (QED) is 0.837. The fourth-order valence-corrected chi connectivity index (χ4v) is 3.71. The van der Waals surface area contributed by atoms with Crippen LogP contribution in [0.25, 0.3) is 0 Å². The first-order valence-electron chi connectivity index (χ1n) is 8.80. The third-order valence-electron chi connectivity index (χ3n) is 4.86. The van der Waals surface area contributed by atoms with Crippen LogP contribution < -0.4 is 4.74 Å². The average Bonchev–Trinajstić information content (AvgIpc) is 2.96. The van der Waals surface area contributed by atoms with Crippen LogP contribution in [0, 0.1) is 19.7 Å². The largest absolute Gasteiger partial charge is 0.470 e. The first-order valence-corrected chi connectivity index (χ1v) is 8.80. The lowest BCUT2D eigenvalue weighted by molar-refractivity contribution is -0.139. The number of hydrogen-bond acceptors (Lipinski definition) is 5. The van der Waals surface area contributed by atoms with Gasteiger partial charge in [0.25, 0.3) is 5.88 Å². The van der Waals surface area contributed by atoms with Crippen molar-refractivity contribution in [2.24, 2.45) is 0 Å². The Labute approximate surface area is 152 Å². The van der Waals surface area contributed by atoms with E-state index in [9.17, 15) is 9.18 Å². The van der Waals surface area contributed by atoms with Crippen molar-refractivity contribution in [3.8, 4) is 5.88 Å². The molecule has 1 amide bonds. The molecule has 1 saturated heterocycles. The van der Waals surface area contributed by atoms with Crippen LogP contribution in [0.2, 0.25) is 0 Å². The third-order valence-corrected chi connectivity index (χ3v) is 4.86. The molecule has 1 unspecified atom stereocenters. The number of carbonyl (C=O) groups excluding carboxylic acids is 1. The summed E-state index contributed by atoms with van der Waals surface area (Å²) in [5.41, 5.74) is 0.786. The molecule has 0 spiro atoms. The van der Waals surface area contributed by atoms with Gasteiger partial charge in [0.1, 0.15) is 11.9 Å². The van der Waals surface area contributed by atoms with Gasteiger partial charge >= 0.3 is 0 Å². The Morgan fingerprint density at radius 2 is 2.19 bits per heavy atom. The first-order chi connectivity index (χ1) is 12.3. The highest BCUT2D eigenvalue weighted by atomic mass is 19.1. The molecule has 1 aliphatic rings. The summed E-state index contributed by atoms with van der Waals surface area (Å²) in [4.78, 5) is 18.9. The maximum atomic E-state index is 13.8. The van der Waals surface area contributed by atoms with E-state index in [-0.39, 0.29) is 17.9 Å². The Morgan fingerprint density at radius 1 is 1.42 bits per heavy atom. The van der Waals surface area contributed by atoms with E-state index >= 15 is 0 Å². The van der Waals surface area contributed by atoms with Crippen LogP contribution in [-0.2, 0) is 10.2 Å². The molecule has 2 aromatic rings.